The molecule has 0 heterocycles. The summed E-state index contributed by atoms with van der Waals surface area (Å²) in [5, 5.41) is 0. The van der Waals surface area contributed by atoms with Gasteiger partial charge in [-0.3, -0.25) is 9.59 Å². The van der Waals surface area contributed by atoms with Crippen LogP contribution in [-0.2, 0) is 9.59 Å². The molecule has 1 fully saturated rings. The van der Waals surface area contributed by atoms with Gasteiger partial charge in [-0.05, 0) is 30.8 Å². The van der Waals surface area contributed by atoms with E-state index in [0.29, 0.717) is 18.0 Å². The molecule has 2 rings (SSSR count). The number of carbonyl (C=O) groups excluding carboxylic acids is 2. The van der Waals surface area contributed by atoms with E-state index in [0.717, 1.165) is 30.4 Å². The molecule has 2 nitrogen and oxygen atoms in total. The van der Waals surface area contributed by atoms with E-state index in [2.05, 4.69) is 6.92 Å². The molecular weight excluding hydrogens is 200 g/mol. The Morgan fingerprint density at radius 2 is 1.94 bits per heavy atom. The molecule has 0 aromatic rings. The molecule has 0 saturated heterocycles. The second-order valence-corrected chi connectivity index (χ2v) is 5.13. The van der Waals surface area contributed by atoms with E-state index in [4.69, 9.17) is 0 Å². The third kappa shape index (κ3) is 1.55. The zero-order chi connectivity index (χ0) is 11.9. The second-order valence-electron chi connectivity index (χ2n) is 5.13. The lowest BCUT2D eigenvalue weighted by Gasteiger charge is -2.38. The van der Waals surface area contributed by atoms with E-state index in [1.807, 2.05) is 13.8 Å². The average Bonchev–Trinajstić information content (AvgIpc) is 2.28. The third-order valence-corrected chi connectivity index (χ3v) is 4.32. The number of hydrogen-bond acceptors (Lipinski definition) is 2. The van der Waals surface area contributed by atoms with Crippen LogP contribution < -0.4 is 0 Å². The number of Topliss-reactive ketones (excluding diaryl/α,β-unsaturated/α-hetero) is 2. The predicted molar refractivity (Wildman–Crippen MR) is 63.0 cm³/mol. The van der Waals surface area contributed by atoms with Gasteiger partial charge in [-0.2, -0.15) is 0 Å². The first kappa shape index (κ1) is 11.6. The largest absolute Gasteiger partial charge is 0.299 e. The maximum Gasteiger partial charge on any atom is 0.159 e. The molecule has 2 aliphatic carbocycles. The highest BCUT2D eigenvalue weighted by Crippen LogP contribution is 2.43. The summed E-state index contributed by atoms with van der Waals surface area (Å²) in [7, 11) is 0. The van der Waals surface area contributed by atoms with Gasteiger partial charge in [-0.15, -0.1) is 0 Å². The highest BCUT2D eigenvalue weighted by Gasteiger charge is 2.41. The molecule has 0 aliphatic heterocycles. The van der Waals surface area contributed by atoms with E-state index >= 15 is 0 Å². The number of fused-ring (bicyclic) bond motifs is 1. The van der Waals surface area contributed by atoms with Gasteiger partial charge >= 0.3 is 0 Å². The molecule has 0 radical (unpaired) electrons. The lowest BCUT2D eigenvalue weighted by atomic mass is 9.64. The third-order valence-electron chi connectivity index (χ3n) is 4.32. The quantitative estimate of drug-likeness (QED) is 0.681. The molecule has 16 heavy (non-hydrogen) atoms. The lowest BCUT2D eigenvalue weighted by molar-refractivity contribution is -0.128. The topological polar surface area (TPSA) is 34.1 Å². The summed E-state index contributed by atoms with van der Waals surface area (Å²) in [4.78, 5) is 24.1. The van der Waals surface area contributed by atoms with Crippen LogP contribution in [0, 0.1) is 17.8 Å². The normalized spacial score (nSPS) is 35.3. The molecular formula is C14H20O2. The van der Waals surface area contributed by atoms with Crippen molar-refractivity contribution in [2.45, 2.75) is 46.5 Å². The molecule has 88 valence electrons. The molecule has 1 saturated carbocycles. The van der Waals surface area contributed by atoms with Crippen molar-refractivity contribution in [1.29, 1.82) is 0 Å². The van der Waals surface area contributed by atoms with Crippen LogP contribution in [-0.4, -0.2) is 11.6 Å². The molecule has 0 amide bonds. The fourth-order valence-corrected chi connectivity index (χ4v) is 3.38. The zero-order valence-electron chi connectivity index (χ0n) is 10.4. The van der Waals surface area contributed by atoms with Crippen LogP contribution in [0.4, 0.5) is 0 Å². The van der Waals surface area contributed by atoms with Crippen molar-refractivity contribution >= 4 is 11.6 Å². The number of allylic oxidation sites excluding steroid dienone is 2. The van der Waals surface area contributed by atoms with E-state index in [-0.39, 0.29) is 17.8 Å². The van der Waals surface area contributed by atoms with Crippen LogP contribution in [0.5, 0.6) is 0 Å². The van der Waals surface area contributed by atoms with Crippen molar-refractivity contribution in [2.75, 3.05) is 0 Å². The maximum absolute atomic E-state index is 12.1. The van der Waals surface area contributed by atoms with E-state index < -0.39 is 0 Å². The fourth-order valence-electron chi connectivity index (χ4n) is 3.38. The van der Waals surface area contributed by atoms with E-state index in [9.17, 15) is 9.59 Å². The van der Waals surface area contributed by atoms with Crippen molar-refractivity contribution in [1.82, 2.24) is 0 Å². The highest BCUT2D eigenvalue weighted by molar-refractivity contribution is 6.02. The Bertz CT molecular complexity index is 365. The number of hydrogen-bond donors (Lipinski definition) is 0. The maximum atomic E-state index is 12.1. The summed E-state index contributed by atoms with van der Waals surface area (Å²) < 4.78 is 0. The summed E-state index contributed by atoms with van der Waals surface area (Å²) in [6.07, 6.45) is 3.50. The molecule has 0 N–H and O–H groups in total. The minimum atomic E-state index is -0.0340. The number of carbonyl (C=O) groups is 2. The van der Waals surface area contributed by atoms with Gasteiger partial charge in [0.2, 0.25) is 0 Å². The van der Waals surface area contributed by atoms with Crippen molar-refractivity contribution in [3.63, 3.8) is 0 Å². The van der Waals surface area contributed by atoms with Gasteiger partial charge in [0, 0.05) is 18.3 Å². The molecule has 0 aromatic carbocycles. The molecule has 3 atom stereocenters. The Morgan fingerprint density at radius 3 is 2.56 bits per heavy atom. The molecule has 0 spiro atoms. The van der Waals surface area contributed by atoms with Gasteiger partial charge in [0.15, 0.2) is 5.78 Å². The average molecular weight is 220 g/mol. The molecule has 0 bridgehead atoms. The first-order chi connectivity index (χ1) is 7.57. The van der Waals surface area contributed by atoms with Crippen LogP contribution in [0.3, 0.4) is 0 Å². The van der Waals surface area contributed by atoms with Crippen molar-refractivity contribution in [3.05, 3.63) is 11.1 Å². The van der Waals surface area contributed by atoms with Crippen LogP contribution in [0.25, 0.3) is 0 Å². The molecule has 2 aliphatic rings. The molecule has 3 unspecified atom stereocenters. The highest BCUT2D eigenvalue weighted by atomic mass is 16.1. The predicted octanol–water partition coefficient (Wildman–Crippen LogP) is 2.92. The number of rotatable bonds is 1. The SMILES string of the molecule is CCC1=C2C(=O)CCCC2C(C)C(=O)C1C. The standard InChI is InChI=1S/C14H20O2/c1-4-10-8(2)14(16)9(3)11-6-5-7-12(15)13(10)11/h8-9,11H,4-7H2,1-3H3. The Balaban J connectivity index is 2.51. The van der Waals surface area contributed by atoms with E-state index in [1.165, 1.54) is 0 Å². The minimum absolute atomic E-state index is 0.0340. The van der Waals surface area contributed by atoms with Crippen LogP contribution in [0.2, 0.25) is 0 Å². The minimum Gasteiger partial charge on any atom is -0.299 e. The smallest absolute Gasteiger partial charge is 0.159 e. The summed E-state index contributed by atoms with van der Waals surface area (Å²) >= 11 is 0. The van der Waals surface area contributed by atoms with E-state index in [1.54, 1.807) is 0 Å². The Morgan fingerprint density at radius 1 is 1.25 bits per heavy atom. The van der Waals surface area contributed by atoms with Gasteiger partial charge in [-0.25, -0.2) is 0 Å². The molecule has 2 heteroatoms. The van der Waals surface area contributed by atoms with Crippen molar-refractivity contribution < 1.29 is 9.59 Å². The Kier molecular flexibility index (Phi) is 3.00. The summed E-state index contributed by atoms with van der Waals surface area (Å²) in [6, 6.07) is 0. The van der Waals surface area contributed by atoms with Crippen molar-refractivity contribution in [3.8, 4) is 0 Å². The monoisotopic (exact) mass is 220 g/mol. The first-order valence-electron chi connectivity index (χ1n) is 6.37. The van der Waals surface area contributed by atoms with Gasteiger partial charge < -0.3 is 0 Å². The van der Waals surface area contributed by atoms with Crippen LogP contribution in [0.1, 0.15) is 46.5 Å². The van der Waals surface area contributed by atoms with Gasteiger partial charge in [-0.1, -0.05) is 26.3 Å². The zero-order valence-corrected chi connectivity index (χ0v) is 10.4. The van der Waals surface area contributed by atoms with Crippen LogP contribution >= 0.6 is 0 Å². The first-order valence-corrected chi connectivity index (χ1v) is 6.37. The summed E-state index contributed by atoms with van der Waals surface area (Å²) in [5.41, 5.74) is 2.14. The van der Waals surface area contributed by atoms with Gasteiger partial charge in [0.1, 0.15) is 5.78 Å². The number of ketones is 2. The fraction of sp³-hybridized carbons (Fsp3) is 0.714. The van der Waals surface area contributed by atoms with Crippen LogP contribution in [0.15, 0.2) is 11.1 Å². The lowest BCUT2D eigenvalue weighted by Crippen LogP contribution is -2.38. The van der Waals surface area contributed by atoms with Gasteiger partial charge in [0.25, 0.3) is 0 Å². The molecule has 0 aromatic heterocycles. The van der Waals surface area contributed by atoms with Gasteiger partial charge in [0.05, 0.1) is 0 Å². The summed E-state index contributed by atoms with van der Waals surface area (Å²) in [6.45, 7) is 6.01. The summed E-state index contributed by atoms with van der Waals surface area (Å²) in [5.74, 6) is 0.873. The second kappa shape index (κ2) is 4.15. The Labute approximate surface area is 97.1 Å². The van der Waals surface area contributed by atoms with Crippen molar-refractivity contribution in [2.24, 2.45) is 17.8 Å². The Hall–Kier alpha value is -0.920.